The zero-order valence-electron chi connectivity index (χ0n) is 13.0. The van der Waals surface area contributed by atoms with Crippen molar-refractivity contribution in [1.29, 1.82) is 0 Å². The predicted octanol–water partition coefficient (Wildman–Crippen LogP) is 3.06. The first kappa shape index (κ1) is 19.9. The molecular formula is C16H26ClFN2O. The molecule has 0 saturated heterocycles. The lowest BCUT2D eigenvalue weighted by Crippen LogP contribution is -2.52. The van der Waals surface area contributed by atoms with Crippen LogP contribution in [0.5, 0.6) is 0 Å². The first-order valence-corrected chi connectivity index (χ1v) is 7.10. The van der Waals surface area contributed by atoms with Crippen molar-refractivity contribution in [2.24, 2.45) is 11.7 Å². The fourth-order valence-corrected chi connectivity index (χ4v) is 2.39. The van der Waals surface area contributed by atoms with Gasteiger partial charge in [0.1, 0.15) is 5.82 Å². The average molecular weight is 317 g/mol. The fraction of sp³-hybridized carbons (Fsp3) is 0.562. The van der Waals surface area contributed by atoms with Gasteiger partial charge in [-0.15, -0.1) is 12.4 Å². The van der Waals surface area contributed by atoms with Gasteiger partial charge in [0.05, 0.1) is 0 Å². The monoisotopic (exact) mass is 316 g/mol. The van der Waals surface area contributed by atoms with Crippen molar-refractivity contribution in [3.05, 3.63) is 35.6 Å². The maximum Gasteiger partial charge on any atom is 0.220 e. The van der Waals surface area contributed by atoms with Crippen molar-refractivity contribution in [2.75, 3.05) is 6.54 Å². The Balaban J connectivity index is 0.00000400. The van der Waals surface area contributed by atoms with Gasteiger partial charge >= 0.3 is 0 Å². The minimum absolute atomic E-state index is 0. The van der Waals surface area contributed by atoms with Crippen molar-refractivity contribution in [3.63, 3.8) is 0 Å². The SMILES string of the molecule is CC(C)CC(C)(CN)NC(=O)CCc1ccc(F)cc1.Cl. The van der Waals surface area contributed by atoms with Gasteiger partial charge in [-0.25, -0.2) is 4.39 Å². The summed E-state index contributed by atoms with van der Waals surface area (Å²) in [5.41, 5.74) is 6.38. The van der Waals surface area contributed by atoms with Gasteiger partial charge in [0.2, 0.25) is 5.91 Å². The third-order valence-corrected chi connectivity index (χ3v) is 3.30. The third-order valence-electron chi connectivity index (χ3n) is 3.30. The summed E-state index contributed by atoms with van der Waals surface area (Å²) < 4.78 is 12.8. The number of amides is 1. The summed E-state index contributed by atoms with van der Waals surface area (Å²) in [6.07, 6.45) is 1.85. The van der Waals surface area contributed by atoms with E-state index in [9.17, 15) is 9.18 Å². The molecule has 0 radical (unpaired) electrons. The number of aryl methyl sites for hydroxylation is 1. The highest BCUT2D eigenvalue weighted by atomic mass is 35.5. The largest absolute Gasteiger partial charge is 0.350 e. The van der Waals surface area contributed by atoms with E-state index in [1.54, 1.807) is 12.1 Å². The Morgan fingerprint density at radius 2 is 1.90 bits per heavy atom. The molecule has 21 heavy (non-hydrogen) atoms. The van der Waals surface area contributed by atoms with Crippen molar-refractivity contribution in [2.45, 2.75) is 45.6 Å². The lowest BCUT2D eigenvalue weighted by Gasteiger charge is -2.31. The van der Waals surface area contributed by atoms with Gasteiger partial charge in [-0.05, 0) is 43.4 Å². The van der Waals surface area contributed by atoms with Crippen LogP contribution in [0.2, 0.25) is 0 Å². The van der Waals surface area contributed by atoms with Crippen LogP contribution in [0.15, 0.2) is 24.3 Å². The molecule has 5 heteroatoms. The number of carbonyl (C=O) groups is 1. The van der Waals surface area contributed by atoms with Crippen LogP contribution in [0, 0.1) is 11.7 Å². The van der Waals surface area contributed by atoms with Gasteiger partial charge in [0.15, 0.2) is 0 Å². The Bertz CT molecular complexity index is 436. The Kier molecular flexibility index (Phi) is 8.52. The lowest BCUT2D eigenvalue weighted by molar-refractivity contribution is -0.122. The number of hydrogen-bond acceptors (Lipinski definition) is 2. The first-order chi connectivity index (χ1) is 9.34. The molecule has 1 aromatic carbocycles. The lowest BCUT2D eigenvalue weighted by atomic mass is 9.90. The number of halogens is 2. The van der Waals surface area contributed by atoms with E-state index in [1.807, 2.05) is 6.92 Å². The molecule has 0 fully saturated rings. The Labute approximate surface area is 132 Å². The standard InChI is InChI=1S/C16H25FN2O.ClH/c1-12(2)10-16(3,11-18)19-15(20)9-6-13-4-7-14(17)8-5-13;/h4-5,7-8,12H,6,9-11,18H2,1-3H3,(H,19,20);1H. The van der Waals surface area contributed by atoms with Gasteiger partial charge < -0.3 is 11.1 Å². The highest BCUT2D eigenvalue weighted by Gasteiger charge is 2.25. The van der Waals surface area contributed by atoms with Gasteiger partial charge in [0, 0.05) is 18.5 Å². The van der Waals surface area contributed by atoms with Crippen LogP contribution in [0.1, 0.15) is 39.2 Å². The summed E-state index contributed by atoms with van der Waals surface area (Å²) >= 11 is 0. The van der Waals surface area contributed by atoms with E-state index >= 15 is 0 Å². The Morgan fingerprint density at radius 1 is 1.33 bits per heavy atom. The number of hydrogen-bond donors (Lipinski definition) is 2. The molecular weight excluding hydrogens is 291 g/mol. The topological polar surface area (TPSA) is 55.1 Å². The molecule has 3 nitrogen and oxygen atoms in total. The molecule has 0 aliphatic rings. The van der Waals surface area contributed by atoms with Crippen molar-refractivity contribution >= 4 is 18.3 Å². The molecule has 120 valence electrons. The van der Waals surface area contributed by atoms with Crippen LogP contribution in [-0.4, -0.2) is 18.0 Å². The molecule has 3 N–H and O–H groups in total. The fourth-order valence-electron chi connectivity index (χ4n) is 2.39. The number of nitrogens with one attached hydrogen (secondary N) is 1. The maximum absolute atomic E-state index is 12.8. The van der Waals surface area contributed by atoms with Gasteiger partial charge in [0.25, 0.3) is 0 Å². The average Bonchev–Trinajstić information content (AvgIpc) is 2.37. The summed E-state index contributed by atoms with van der Waals surface area (Å²) in [5.74, 6) is 0.203. The van der Waals surface area contributed by atoms with E-state index in [0.29, 0.717) is 25.3 Å². The third kappa shape index (κ3) is 7.44. The zero-order valence-corrected chi connectivity index (χ0v) is 13.8. The molecule has 1 unspecified atom stereocenters. The minimum atomic E-state index is -0.353. The molecule has 0 heterocycles. The maximum atomic E-state index is 12.8. The Hall–Kier alpha value is -1.13. The molecule has 0 spiro atoms. The molecule has 1 rings (SSSR count). The highest BCUT2D eigenvalue weighted by Crippen LogP contribution is 2.15. The summed E-state index contributed by atoms with van der Waals surface area (Å²) in [6.45, 7) is 6.62. The normalized spacial score (nSPS) is 13.4. The minimum Gasteiger partial charge on any atom is -0.350 e. The molecule has 1 amide bonds. The molecule has 0 saturated carbocycles. The second-order valence-electron chi connectivity index (χ2n) is 6.04. The van der Waals surface area contributed by atoms with E-state index < -0.39 is 0 Å². The van der Waals surface area contributed by atoms with E-state index in [-0.39, 0.29) is 29.7 Å². The molecule has 1 aromatic rings. The van der Waals surface area contributed by atoms with E-state index in [0.717, 1.165) is 12.0 Å². The number of carbonyl (C=O) groups excluding carboxylic acids is 1. The van der Waals surface area contributed by atoms with Gasteiger partial charge in [-0.1, -0.05) is 26.0 Å². The summed E-state index contributed by atoms with van der Waals surface area (Å²) in [5, 5.41) is 3.02. The number of benzene rings is 1. The smallest absolute Gasteiger partial charge is 0.220 e. The van der Waals surface area contributed by atoms with Crippen LogP contribution in [0.25, 0.3) is 0 Å². The first-order valence-electron chi connectivity index (χ1n) is 7.10. The van der Waals surface area contributed by atoms with E-state index in [4.69, 9.17) is 5.73 Å². The number of nitrogens with two attached hydrogens (primary N) is 1. The van der Waals surface area contributed by atoms with Crippen molar-refractivity contribution < 1.29 is 9.18 Å². The molecule has 0 aliphatic heterocycles. The van der Waals surface area contributed by atoms with Crippen LogP contribution < -0.4 is 11.1 Å². The van der Waals surface area contributed by atoms with Gasteiger partial charge in [-0.2, -0.15) is 0 Å². The van der Waals surface area contributed by atoms with E-state index in [1.165, 1.54) is 12.1 Å². The van der Waals surface area contributed by atoms with E-state index in [2.05, 4.69) is 19.2 Å². The van der Waals surface area contributed by atoms with Crippen LogP contribution in [0.4, 0.5) is 4.39 Å². The molecule has 1 atom stereocenters. The van der Waals surface area contributed by atoms with Crippen molar-refractivity contribution in [1.82, 2.24) is 5.32 Å². The number of rotatable bonds is 7. The predicted molar refractivity (Wildman–Crippen MR) is 87.0 cm³/mol. The summed E-state index contributed by atoms with van der Waals surface area (Å²) in [4.78, 5) is 12.0. The quantitative estimate of drug-likeness (QED) is 0.812. The van der Waals surface area contributed by atoms with Crippen LogP contribution in [-0.2, 0) is 11.2 Å². The van der Waals surface area contributed by atoms with Crippen LogP contribution >= 0.6 is 12.4 Å². The second-order valence-corrected chi connectivity index (χ2v) is 6.04. The molecule has 0 aliphatic carbocycles. The molecule has 0 bridgehead atoms. The summed E-state index contributed by atoms with van der Waals surface area (Å²) in [7, 11) is 0. The van der Waals surface area contributed by atoms with Gasteiger partial charge in [-0.3, -0.25) is 4.79 Å². The zero-order chi connectivity index (χ0) is 15.2. The molecule has 0 aromatic heterocycles. The second kappa shape index (κ2) is 9.00. The summed E-state index contributed by atoms with van der Waals surface area (Å²) in [6, 6.07) is 6.24. The highest BCUT2D eigenvalue weighted by molar-refractivity contribution is 5.85. The van der Waals surface area contributed by atoms with Crippen molar-refractivity contribution in [3.8, 4) is 0 Å². The Morgan fingerprint density at radius 3 is 2.38 bits per heavy atom. The van der Waals surface area contributed by atoms with Crippen LogP contribution in [0.3, 0.4) is 0 Å².